The number of benzene rings is 1. The molecule has 0 aliphatic heterocycles. The highest BCUT2D eigenvalue weighted by Crippen LogP contribution is 2.18. The van der Waals surface area contributed by atoms with Crippen LogP contribution < -0.4 is 5.32 Å². The van der Waals surface area contributed by atoms with E-state index in [2.05, 4.69) is 29.4 Å². The van der Waals surface area contributed by atoms with Gasteiger partial charge in [0.2, 0.25) is 5.91 Å². The van der Waals surface area contributed by atoms with Crippen molar-refractivity contribution >= 4 is 11.6 Å². The third-order valence-electron chi connectivity index (χ3n) is 2.43. The van der Waals surface area contributed by atoms with E-state index < -0.39 is 0 Å². The summed E-state index contributed by atoms with van der Waals surface area (Å²) in [6.45, 7) is 3.53. The molecule has 2 rings (SSSR count). The number of nitrogens with zero attached hydrogens (tertiary/aromatic N) is 1. The van der Waals surface area contributed by atoms with Gasteiger partial charge in [0, 0.05) is 12.5 Å². The first-order valence-corrected chi connectivity index (χ1v) is 5.46. The van der Waals surface area contributed by atoms with Crippen LogP contribution in [0.1, 0.15) is 12.5 Å². The molecule has 0 aliphatic rings. The Morgan fingerprint density at radius 3 is 2.35 bits per heavy atom. The Hall–Kier alpha value is -2.16. The van der Waals surface area contributed by atoms with Gasteiger partial charge in [0.25, 0.3) is 0 Å². The molecule has 0 spiro atoms. The molecule has 3 heteroatoms. The molecule has 0 bridgehead atoms. The lowest BCUT2D eigenvalue weighted by atomic mass is 10.1. The lowest BCUT2D eigenvalue weighted by molar-refractivity contribution is -0.114. The summed E-state index contributed by atoms with van der Waals surface area (Å²) < 4.78 is 0. The third kappa shape index (κ3) is 2.91. The Morgan fingerprint density at radius 2 is 1.82 bits per heavy atom. The van der Waals surface area contributed by atoms with E-state index in [9.17, 15) is 4.79 Å². The zero-order chi connectivity index (χ0) is 12.3. The topological polar surface area (TPSA) is 42.0 Å². The fourth-order valence-corrected chi connectivity index (χ4v) is 1.57. The zero-order valence-electron chi connectivity index (χ0n) is 9.90. The molecule has 17 heavy (non-hydrogen) atoms. The van der Waals surface area contributed by atoms with Gasteiger partial charge in [-0.3, -0.25) is 9.78 Å². The van der Waals surface area contributed by atoms with Crippen molar-refractivity contribution in [2.24, 2.45) is 0 Å². The number of aryl methyl sites for hydroxylation is 1. The van der Waals surface area contributed by atoms with Gasteiger partial charge in [0.05, 0.1) is 17.6 Å². The highest BCUT2D eigenvalue weighted by Gasteiger charge is 2.00. The molecule has 1 heterocycles. The molecule has 2 aromatic rings. The average Bonchev–Trinajstić information content (AvgIpc) is 2.30. The van der Waals surface area contributed by atoms with Crippen molar-refractivity contribution in [2.75, 3.05) is 5.32 Å². The van der Waals surface area contributed by atoms with Gasteiger partial charge in [-0.15, -0.1) is 0 Å². The van der Waals surface area contributed by atoms with Crippen LogP contribution in [0.3, 0.4) is 0 Å². The summed E-state index contributed by atoms with van der Waals surface area (Å²) in [6, 6.07) is 11.9. The van der Waals surface area contributed by atoms with Gasteiger partial charge < -0.3 is 5.32 Å². The second-order valence-corrected chi connectivity index (χ2v) is 3.98. The molecule has 1 amide bonds. The van der Waals surface area contributed by atoms with Crippen LogP contribution in [-0.4, -0.2) is 10.9 Å². The second kappa shape index (κ2) is 4.78. The van der Waals surface area contributed by atoms with Crippen molar-refractivity contribution in [2.45, 2.75) is 13.8 Å². The first kappa shape index (κ1) is 11.3. The lowest BCUT2D eigenvalue weighted by Gasteiger charge is -2.04. The number of rotatable bonds is 2. The van der Waals surface area contributed by atoms with E-state index in [1.165, 1.54) is 12.5 Å². The van der Waals surface area contributed by atoms with Gasteiger partial charge in [-0.2, -0.15) is 0 Å². The van der Waals surface area contributed by atoms with Gasteiger partial charge in [-0.1, -0.05) is 29.8 Å². The van der Waals surface area contributed by atoms with E-state index in [0.717, 1.165) is 11.3 Å². The summed E-state index contributed by atoms with van der Waals surface area (Å²) in [7, 11) is 0. The van der Waals surface area contributed by atoms with Gasteiger partial charge in [-0.05, 0) is 19.1 Å². The summed E-state index contributed by atoms with van der Waals surface area (Å²) in [4.78, 5) is 15.2. The summed E-state index contributed by atoms with van der Waals surface area (Å²) >= 11 is 0. The van der Waals surface area contributed by atoms with Crippen molar-refractivity contribution < 1.29 is 4.79 Å². The van der Waals surface area contributed by atoms with Crippen LogP contribution in [0, 0.1) is 6.92 Å². The van der Waals surface area contributed by atoms with Crippen LogP contribution in [0.4, 0.5) is 5.69 Å². The zero-order valence-corrected chi connectivity index (χ0v) is 9.90. The molecule has 0 unspecified atom stereocenters. The largest absolute Gasteiger partial charge is 0.325 e. The monoisotopic (exact) mass is 226 g/mol. The highest BCUT2D eigenvalue weighted by atomic mass is 16.1. The van der Waals surface area contributed by atoms with Crippen molar-refractivity contribution in [3.63, 3.8) is 0 Å². The molecule has 0 saturated heterocycles. The van der Waals surface area contributed by atoms with Crippen molar-refractivity contribution in [1.82, 2.24) is 4.98 Å². The van der Waals surface area contributed by atoms with Crippen LogP contribution in [-0.2, 0) is 4.79 Å². The quantitative estimate of drug-likeness (QED) is 0.855. The molecule has 0 aliphatic carbocycles. The number of hydrogen-bond acceptors (Lipinski definition) is 2. The molecule has 3 nitrogen and oxygen atoms in total. The van der Waals surface area contributed by atoms with Gasteiger partial charge in [0.15, 0.2) is 0 Å². The lowest BCUT2D eigenvalue weighted by Crippen LogP contribution is -2.05. The summed E-state index contributed by atoms with van der Waals surface area (Å²) in [5.74, 6) is -0.0881. The molecule has 0 fully saturated rings. The van der Waals surface area contributed by atoms with Crippen LogP contribution >= 0.6 is 0 Å². The number of pyridine rings is 1. The summed E-state index contributed by atoms with van der Waals surface area (Å²) in [5.41, 5.74) is 3.92. The van der Waals surface area contributed by atoms with Crippen LogP contribution in [0.15, 0.2) is 42.6 Å². The van der Waals surface area contributed by atoms with Gasteiger partial charge in [0.1, 0.15) is 0 Å². The van der Waals surface area contributed by atoms with Crippen molar-refractivity contribution in [1.29, 1.82) is 0 Å². The Balaban J connectivity index is 2.23. The summed E-state index contributed by atoms with van der Waals surface area (Å²) in [6.07, 6.45) is 1.66. The van der Waals surface area contributed by atoms with Gasteiger partial charge in [-0.25, -0.2) is 0 Å². The number of carbonyl (C=O) groups is 1. The number of anilines is 1. The van der Waals surface area contributed by atoms with E-state index in [1.807, 2.05) is 24.3 Å². The molecule has 0 radical (unpaired) electrons. The van der Waals surface area contributed by atoms with Crippen LogP contribution in [0.5, 0.6) is 0 Å². The molecule has 1 aromatic heterocycles. The van der Waals surface area contributed by atoms with E-state index in [0.29, 0.717) is 5.69 Å². The second-order valence-electron chi connectivity index (χ2n) is 3.98. The maximum Gasteiger partial charge on any atom is 0.221 e. The van der Waals surface area contributed by atoms with Gasteiger partial charge >= 0.3 is 0 Å². The Kier molecular flexibility index (Phi) is 3.19. The average molecular weight is 226 g/mol. The molecule has 86 valence electrons. The molecule has 0 atom stereocenters. The normalized spacial score (nSPS) is 10.0. The van der Waals surface area contributed by atoms with Crippen LogP contribution in [0.2, 0.25) is 0 Å². The molecular weight excluding hydrogens is 212 g/mol. The van der Waals surface area contributed by atoms with Crippen molar-refractivity contribution in [3.05, 3.63) is 48.2 Å². The minimum absolute atomic E-state index is 0.0881. The fourth-order valence-electron chi connectivity index (χ4n) is 1.57. The molecule has 1 N–H and O–H groups in total. The number of aromatic nitrogens is 1. The Labute approximate surface area is 101 Å². The van der Waals surface area contributed by atoms with Crippen molar-refractivity contribution in [3.8, 4) is 11.3 Å². The third-order valence-corrected chi connectivity index (χ3v) is 2.43. The van der Waals surface area contributed by atoms with E-state index >= 15 is 0 Å². The predicted molar refractivity (Wildman–Crippen MR) is 68.7 cm³/mol. The first-order valence-electron chi connectivity index (χ1n) is 5.46. The Bertz CT molecular complexity index is 515. The van der Waals surface area contributed by atoms with E-state index in [4.69, 9.17) is 0 Å². The Morgan fingerprint density at radius 1 is 1.12 bits per heavy atom. The van der Waals surface area contributed by atoms with E-state index in [1.54, 1.807) is 6.20 Å². The first-order chi connectivity index (χ1) is 8.15. The standard InChI is InChI=1S/C14H14N2O/c1-10-3-5-12(6-4-10)14-8-7-13(9-15-14)16-11(2)17/h3-9H,1-2H3,(H,16,17). The smallest absolute Gasteiger partial charge is 0.221 e. The minimum atomic E-state index is -0.0881. The number of carbonyl (C=O) groups excluding carboxylic acids is 1. The SMILES string of the molecule is CC(=O)Nc1ccc(-c2ccc(C)cc2)nc1. The number of nitrogens with one attached hydrogen (secondary N) is 1. The molecular formula is C14H14N2O. The molecule has 1 aromatic carbocycles. The summed E-state index contributed by atoms with van der Waals surface area (Å²) in [5, 5.41) is 2.69. The number of amides is 1. The number of hydrogen-bond donors (Lipinski definition) is 1. The predicted octanol–water partition coefficient (Wildman–Crippen LogP) is 3.02. The minimum Gasteiger partial charge on any atom is -0.325 e. The maximum absolute atomic E-state index is 10.9. The van der Waals surface area contributed by atoms with Crippen LogP contribution in [0.25, 0.3) is 11.3 Å². The van der Waals surface area contributed by atoms with E-state index in [-0.39, 0.29) is 5.91 Å². The fraction of sp³-hybridized carbons (Fsp3) is 0.143. The highest BCUT2D eigenvalue weighted by molar-refractivity contribution is 5.88. The maximum atomic E-state index is 10.9. The molecule has 0 saturated carbocycles.